The van der Waals surface area contributed by atoms with Gasteiger partial charge >= 0.3 is 29.6 Å². The van der Waals surface area contributed by atoms with Crippen LogP contribution in [0.2, 0.25) is 15.7 Å². The molecule has 1 aliphatic rings. The molecule has 0 spiro atoms. The van der Waals surface area contributed by atoms with E-state index in [4.69, 9.17) is 60.9 Å². The molecule has 0 aromatic carbocycles. The Hall–Kier alpha value is -3.54. The average molecular weight is 970 g/mol. The zero-order chi connectivity index (χ0) is 45.0. The van der Waals surface area contributed by atoms with Crippen LogP contribution < -0.4 is 48.6 Å². The normalized spacial score (nSPS) is 10.9. The average Bonchev–Trinajstić information content (AvgIpc) is 3.79. The minimum Gasteiger partial charge on any atom is -1.00 e. The first-order valence-electron chi connectivity index (χ1n) is 15.6. The van der Waals surface area contributed by atoms with Gasteiger partial charge in [-0.2, -0.15) is 10.5 Å². The molecule has 29 heteroatoms. The number of halogens is 3. The van der Waals surface area contributed by atoms with Crippen LogP contribution in [-0.4, -0.2) is 130 Å². The Labute approximate surface area is 390 Å². The van der Waals surface area contributed by atoms with Crippen LogP contribution in [0.15, 0.2) is 49.1 Å². The summed E-state index contributed by atoms with van der Waals surface area (Å²) in [6, 6.07) is 9.73. The van der Waals surface area contributed by atoms with Crippen LogP contribution in [0.5, 0.6) is 0 Å². The molecule has 22 nitrogen and oxygen atoms in total. The number of ether oxygens (including phenoxy) is 1. The van der Waals surface area contributed by atoms with E-state index >= 15 is 0 Å². The minimum atomic E-state index is -3.38. The molecule has 1 aliphatic heterocycles. The maximum atomic E-state index is 11.1. The second-order valence-electron chi connectivity index (χ2n) is 10.1. The number of anilines is 2. The molecule has 0 amide bonds. The van der Waals surface area contributed by atoms with Gasteiger partial charge in [-0.15, -0.1) is 0 Å². The molecule has 5 heterocycles. The molecule has 5 rings (SSSR count). The molecule has 0 atom stereocenters. The van der Waals surface area contributed by atoms with Gasteiger partial charge in [-0.3, -0.25) is 0 Å². The maximum Gasteiger partial charge on any atom is 1.00 e. The number of aliphatic hydroxyl groups is 1. The molecular weight excluding hydrogens is 922 g/mol. The summed E-state index contributed by atoms with van der Waals surface area (Å²) in [5.41, 5.74) is 6.39. The van der Waals surface area contributed by atoms with Gasteiger partial charge in [-0.25, -0.2) is 78.5 Å². The summed E-state index contributed by atoms with van der Waals surface area (Å²) in [5.74, 6) is 0.127. The van der Waals surface area contributed by atoms with Gasteiger partial charge in [0.1, 0.15) is 28.7 Å². The summed E-state index contributed by atoms with van der Waals surface area (Å²) >= 11 is 16.1. The number of nitrogens with two attached hydrogens (primary N) is 1. The number of nitriles is 2. The van der Waals surface area contributed by atoms with Crippen LogP contribution in [0.4, 0.5) is 11.9 Å². The van der Waals surface area contributed by atoms with Crippen molar-refractivity contribution in [2.75, 3.05) is 68.8 Å². The molecule has 60 heavy (non-hydrogen) atoms. The number of nitrogens with one attached hydrogen (secondary N) is 1. The zero-order valence-corrected chi connectivity index (χ0v) is 40.0. The monoisotopic (exact) mass is 968 g/mol. The third kappa shape index (κ3) is 31.4. The van der Waals surface area contributed by atoms with Crippen molar-refractivity contribution >= 4 is 76.8 Å². The van der Waals surface area contributed by atoms with Crippen LogP contribution in [0.1, 0.15) is 38.8 Å². The van der Waals surface area contributed by atoms with Gasteiger partial charge in [-0.1, -0.05) is 19.0 Å². The van der Waals surface area contributed by atoms with Crippen molar-refractivity contribution in [3.05, 3.63) is 81.9 Å². The fraction of sp³-hybridized carbons (Fsp3) is 0.419. The van der Waals surface area contributed by atoms with Crippen molar-refractivity contribution in [3.8, 4) is 12.1 Å². The van der Waals surface area contributed by atoms with Crippen LogP contribution >= 0.6 is 34.8 Å². The van der Waals surface area contributed by atoms with Gasteiger partial charge in [0.2, 0.25) is 52.5 Å². The third-order valence-electron chi connectivity index (χ3n) is 5.76. The first kappa shape index (κ1) is 63.1. The molecule has 0 unspecified atom stereocenters. The smallest absolute Gasteiger partial charge is 1.00 e. The van der Waals surface area contributed by atoms with E-state index in [0.29, 0.717) is 10.8 Å². The fourth-order valence-electron chi connectivity index (χ4n) is 2.73. The number of hydrogen-bond donors (Lipinski definition) is 3. The molecule has 4 aromatic heterocycles. The van der Waals surface area contributed by atoms with Crippen LogP contribution in [0.3, 0.4) is 0 Å². The van der Waals surface area contributed by atoms with Crippen molar-refractivity contribution in [3.63, 3.8) is 0 Å². The second kappa shape index (κ2) is 34.1. The summed E-state index contributed by atoms with van der Waals surface area (Å²) in [6.45, 7) is 2.26. The van der Waals surface area contributed by atoms with Gasteiger partial charge in [-0.05, 0) is 67.4 Å². The Balaban J connectivity index is -0.000000208. The Kier molecular flexibility index (Phi) is 35.9. The van der Waals surface area contributed by atoms with E-state index in [9.17, 15) is 25.3 Å². The van der Waals surface area contributed by atoms with E-state index in [2.05, 4.69) is 44.6 Å². The minimum absolute atomic E-state index is 0. The van der Waals surface area contributed by atoms with E-state index in [0.717, 1.165) is 47.7 Å². The van der Waals surface area contributed by atoms with E-state index in [-0.39, 0.29) is 78.8 Å². The summed E-state index contributed by atoms with van der Waals surface area (Å²) in [6.07, 6.45) is 11.5. The Bertz CT molecular complexity index is 2220. The van der Waals surface area contributed by atoms with Crippen molar-refractivity contribution < 1.29 is 66.1 Å². The molecule has 0 saturated carbocycles. The van der Waals surface area contributed by atoms with E-state index in [1.165, 1.54) is 70.9 Å². The summed E-state index contributed by atoms with van der Waals surface area (Å²) in [7, 11) is -4.52. The van der Waals surface area contributed by atoms with Crippen LogP contribution in [0, 0.1) is 22.7 Å². The van der Waals surface area contributed by atoms with Crippen LogP contribution in [-0.2, 0) is 41.4 Å². The Morgan fingerprint density at radius 2 is 1.13 bits per heavy atom. The van der Waals surface area contributed by atoms with Crippen LogP contribution in [0.25, 0.3) is 0 Å². The zero-order valence-electron chi connectivity index (χ0n) is 34.3. The number of rotatable bonds is 6. The van der Waals surface area contributed by atoms with Gasteiger partial charge in [0, 0.05) is 65.8 Å². The molecule has 0 aliphatic carbocycles. The predicted octanol–water partition coefficient (Wildman–Crippen LogP) is -0.816. The molecule has 4 N–H and O–H groups in total. The third-order valence-corrected chi connectivity index (χ3v) is 9.39. The van der Waals surface area contributed by atoms with Gasteiger partial charge < -0.3 is 17.0 Å². The number of aliphatic hydroxyl groups excluding tert-OH is 1. The first-order chi connectivity index (χ1) is 27.1. The predicted molar refractivity (Wildman–Crippen MR) is 227 cm³/mol. The summed E-state index contributed by atoms with van der Waals surface area (Å²) in [5, 5.41) is 24.5. The molecule has 4 aromatic rings. The summed E-state index contributed by atoms with van der Waals surface area (Å²) < 4.78 is 73.2. The molecule has 1 saturated heterocycles. The van der Waals surface area contributed by atoms with E-state index in [1.807, 2.05) is 6.07 Å². The van der Waals surface area contributed by atoms with Crippen molar-refractivity contribution in [1.29, 1.82) is 10.5 Å². The van der Waals surface area contributed by atoms with Crippen molar-refractivity contribution in [2.24, 2.45) is 5.73 Å². The fourth-order valence-corrected chi connectivity index (χ4v) is 3.97. The molecule has 0 radical (unpaired) electrons. The number of hydrogen-bond acceptors (Lipinski definition) is 19. The molecule has 1 fully saturated rings. The Morgan fingerprint density at radius 3 is 1.43 bits per heavy atom. The number of nitrogens with zero attached hydrogens (tertiary/aromatic N) is 12. The van der Waals surface area contributed by atoms with E-state index < -0.39 is 30.1 Å². The Morgan fingerprint density at radius 1 is 0.750 bits per heavy atom. The largest absolute Gasteiger partial charge is 1.00 e. The first-order valence-corrected chi connectivity index (χ1v) is 22.4. The number of sulfonamides is 3. The molecular formula is C31H48Cl3N14NaO8S3. The topological polar surface area (TPSA) is 327 Å². The SMILES string of the molecule is C.C1CCOC1.CN(c1nccc(C#N)n1)S(C)(=O)=O.CN(c1nccc(CN)n1)S(C)(=O)=O.CNS(C)(=O)=O.CO.Clc1ccnc(Cl)n1.N#Cc1ccnc(Cl)n1.[H-].[Na+]. The number of aromatic nitrogens is 8. The van der Waals surface area contributed by atoms with Gasteiger partial charge in [0.25, 0.3) is 0 Å². The second-order valence-corrected chi connectivity index (χ2v) is 17.2. The molecule has 0 bridgehead atoms. The molecule has 330 valence electrons. The summed E-state index contributed by atoms with van der Waals surface area (Å²) in [4.78, 5) is 29.7. The van der Waals surface area contributed by atoms with Gasteiger partial charge in [0.15, 0.2) is 0 Å². The van der Waals surface area contributed by atoms with Crippen molar-refractivity contribution in [2.45, 2.75) is 26.8 Å². The standard InChI is InChI=1S/C7H12N4O2S.C7H8N4O2S.C5H2ClN3.C4H2Cl2N2.C4H8O.C2H7NO2S.CH4O.CH4.Na.H/c2*1-11(14(2,12)13)7-9-4-3-6(5-8)10-7;6-5-8-2-1-4(3-7)9-5;5-3-1-2-7-4(6)8-3;1-2-4-5-3-1;1-3-6(2,4)5;1-2;;;/h3-4H,5,8H2,1-2H3;3-4H,1-2H3;1-2H;1-2H;1-4H2;3H,1-2H3;2H,1H3;1H4;;/q;;;;;;;;+1;-1. The maximum absolute atomic E-state index is 11.1. The quantitative estimate of drug-likeness (QED) is 0.121. The van der Waals surface area contributed by atoms with Gasteiger partial charge in [0.05, 0.1) is 24.5 Å². The van der Waals surface area contributed by atoms with Crippen molar-refractivity contribution in [1.82, 2.24) is 44.6 Å². The van der Waals surface area contributed by atoms with E-state index in [1.54, 1.807) is 18.2 Å².